The minimum Gasteiger partial charge on any atom is -0.480 e. The van der Waals surface area contributed by atoms with Gasteiger partial charge in [-0.1, -0.05) is 26.0 Å². The molecule has 144 valence electrons. The van der Waals surface area contributed by atoms with E-state index in [4.69, 9.17) is 5.11 Å². The van der Waals surface area contributed by atoms with E-state index in [1.807, 2.05) is 13.8 Å². The Balaban J connectivity index is 1.95. The van der Waals surface area contributed by atoms with Crippen LogP contribution in [0, 0.1) is 11.7 Å². The Morgan fingerprint density at radius 2 is 1.96 bits per heavy atom. The Labute approximate surface area is 159 Å². The van der Waals surface area contributed by atoms with Crippen molar-refractivity contribution in [1.82, 2.24) is 10.3 Å². The number of hydrogen-bond acceptors (Lipinski definition) is 5. The summed E-state index contributed by atoms with van der Waals surface area (Å²) in [5, 5.41) is 15.9. The predicted molar refractivity (Wildman–Crippen MR) is 99.2 cm³/mol. The molecular weight excluding hydrogens is 373 g/mol. The second-order valence-electron chi connectivity index (χ2n) is 6.34. The summed E-state index contributed by atoms with van der Waals surface area (Å²) in [6, 6.07) is 4.61. The maximum Gasteiger partial charge on any atom is 0.326 e. The number of anilines is 1. The molecule has 1 aromatic heterocycles. The monoisotopic (exact) mass is 393 g/mol. The molecule has 0 radical (unpaired) electrons. The zero-order chi connectivity index (χ0) is 20.0. The van der Waals surface area contributed by atoms with E-state index in [0.717, 1.165) is 11.3 Å². The van der Waals surface area contributed by atoms with Crippen LogP contribution in [0.15, 0.2) is 29.6 Å². The largest absolute Gasteiger partial charge is 0.480 e. The fraction of sp³-hybridized carbons (Fsp3) is 0.333. The van der Waals surface area contributed by atoms with Crippen molar-refractivity contribution in [1.29, 1.82) is 0 Å². The fourth-order valence-electron chi connectivity index (χ4n) is 2.36. The van der Waals surface area contributed by atoms with Gasteiger partial charge in [0.15, 0.2) is 5.13 Å². The normalized spacial score (nSPS) is 11.9. The maximum atomic E-state index is 13.6. The number of amides is 2. The van der Waals surface area contributed by atoms with E-state index < -0.39 is 29.6 Å². The second kappa shape index (κ2) is 9.22. The van der Waals surface area contributed by atoms with Crippen LogP contribution in [-0.2, 0) is 16.0 Å². The smallest absolute Gasteiger partial charge is 0.326 e. The van der Waals surface area contributed by atoms with Crippen molar-refractivity contribution in [2.45, 2.75) is 32.7 Å². The Hall–Kier alpha value is -2.81. The van der Waals surface area contributed by atoms with E-state index in [0.29, 0.717) is 12.1 Å². The van der Waals surface area contributed by atoms with Gasteiger partial charge in [0.1, 0.15) is 11.9 Å². The van der Waals surface area contributed by atoms with Crippen LogP contribution in [0.25, 0.3) is 0 Å². The lowest BCUT2D eigenvalue weighted by Crippen LogP contribution is -2.42. The molecule has 2 rings (SSSR count). The van der Waals surface area contributed by atoms with Crippen LogP contribution in [0.2, 0.25) is 0 Å². The lowest BCUT2D eigenvalue weighted by molar-refractivity contribution is -0.142. The van der Waals surface area contributed by atoms with E-state index in [1.165, 1.54) is 18.2 Å². The number of carbonyl (C=O) groups is 3. The molecule has 2 amide bonds. The molecule has 1 aromatic carbocycles. The van der Waals surface area contributed by atoms with Gasteiger partial charge in [0.2, 0.25) is 5.91 Å². The van der Waals surface area contributed by atoms with E-state index in [9.17, 15) is 18.8 Å². The van der Waals surface area contributed by atoms with Crippen LogP contribution in [0.4, 0.5) is 9.52 Å². The molecule has 0 aliphatic rings. The molecular formula is C18H20FN3O4S. The van der Waals surface area contributed by atoms with Gasteiger partial charge in [-0.3, -0.25) is 14.9 Å². The van der Waals surface area contributed by atoms with E-state index in [2.05, 4.69) is 15.6 Å². The zero-order valence-electron chi connectivity index (χ0n) is 14.9. The average molecular weight is 393 g/mol. The minimum atomic E-state index is -1.09. The van der Waals surface area contributed by atoms with Crippen LogP contribution in [0.5, 0.6) is 0 Å². The molecule has 0 aliphatic carbocycles. The minimum absolute atomic E-state index is 0.107. The molecule has 1 atom stereocenters. The summed E-state index contributed by atoms with van der Waals surface area (Å²) in [5.41, 5.74) is 0.278. The Bertz CT molecular complexity index is 838. The highest BCUT2D eigenvalue weighted by molar-refractivity contribution is 7.14. The first-order valence-corrected chi connectivity index (χ1v) is 9.16. The zero-order valence-corrected chi connectivity index (χ0v) is 15.7. The summed E-state index contributed by atoms with van der Waals surface area (Å²) in [7, 11) is 0. The number of carbonyl (C=O) groups excluding carboxylic acids is 2. The van der Waals surface area contributed by atoms with Crippen molar-refractivity contribution in [2.24, 2.45) is 5.92 Å². The van der Waals surface area contributed by atoms with E-state index in [1.54, 1.807) is 11.4 Å². The first-order valence-electron chi connectivity index (χ1n) is 8.28. The number of halogens is 1. The van der Waals surface area contributed by atoms with E-state index >= 15 is 0 Å². The third-order valence-electron chi connectivity index (χ3n) is 3.57. The highest BCUT2D eigenvalue weighted by Crippen LogP contribution is 2.18. The van der Waals surface area contributed by atoms with Crippen LogP contribution in [-0.4, -0.2) is 33.9 Å². The van der Waals surface area contributed by atoms with Crippen molar-refractivity contribution in [3.8, 4) is 0 Å². The number of carboxylic acids is 1. The van der Waals surface area contributed by atoms with Crippen molar-refractivity contribution < 1.29 is 23.9 Å². The molecule has 9 heteroatoms. The van der Waals surface area contributed by atoms with Gasteiger partial charge in [-0.25, -0.2) is 14.2 Å². The molecule has 7 nitrogen and oxygen atoms in total. The van der Waals surface area contributed by atoms with Gasteiger partial charge >= 0.3 is 5.97 Å². The number of benzene rings is 1. The number of thiazole rings is 1. The highest BCUT2D eigenvalue weighted by atomic mass is 32.1. The molecule has 3 N–H and O–H groups in total. The maximum absolute atomic E-state index is 13.6. The second-order valence-corrected chi connectivity index (χ2v) is 7.20. The molecule has 0 aliphatic heterocycles. The number of nitrogens with one attached hydrogen (secondary N) is 2. The van der Waals surface area contributed by atoms with Crippen molar-refractivity contribution >= 4 is 34.3 Å². The molecule has 2 aromatic rings. The summed E-state index contributed by atoms with van der Waals surface area (Å²) in [6.07, 6.45) is 0.204. The first-order chi connectivity index (χ1) is 12.8. The number of aromatic nitrogens is 1. The van der Waals surface area contributed by atoms with Gasteiger partial charge in [-0.05, 0) is 24.5 Å². The van der Waals surface area contributed by atoms with Crippen molar-refractivity contribution in [3.05, 3.63) is 46.7 Å². The summed E-state index contributed by atoms with van der Waals surface area (Å²) in [6.45, 7) is 3.74. The quantitative estimate of drug-likeness (QED) is 0.639. The lowest BCUT2D eigenvalue weighted by atomic mass is 10.0. The molecule has 1 heterocycles. The predicted octanol–water partition coefficient (Wildman–Crippen LogP) is 2.69. The summed E-state index contributed by atoms with van der Waals surface area (Å²) >= 11 is 1.09. The molecule has 0 bridgehead atoms. The Kier molecular flexibility index (Phi) is 7.00. The lowest BCUT2D eigenvalue weighted by Gasteiger charge is -2.16. The Morgan fingerprint density at radius 3 is 2.59 bits per heavy atom. The van der Waals surface area contributed by atoms with Crippen LogP contribution in [0.3, 0.4) is 0 Å². The van der Waals surface area contributed by atoms with Crippen LogP contribution in [0.1, 0.15) is 36.3 Å². The van der Waals surface area contributed by atoms with Gasteiger partial charge in [-0.15, -0.1) is 11.3 Å². The number of nitrogens with zero attached hydrogens (tertiary/aromatic N) is 1. The fourth-order valence-corrected chi connectivity index (χ4v) is 3.06. The van der Waals surface area contributed by atoms with Gasteiger partial charge in [0, 0.05) is 5.38 Å². The van der Waals surface area contributed by atoms with E-state index in [-0.39, 0.29) is 23.0 Å². The molecule has 0 spiro atoms. The number of carboxylic acid groups (broad SMARTS) is 1. The van der Waals surface area contributed by atoms with Crippen LogP contribution < -0.4 is 10.6 Å². The SMILES string of the molecule is CC(C)CC(NC(=O)Cc1csc(NC(=O)c2ccccc2F)n1)C(=O)O. The van der Waals surface area contributed by atoms with Gasteiger partial charge in [0.05, 0.1) is 17.7 Å². The first kappa shape index (κ1) is 20.5. The van der Waals surface area contributed by atoms with Gasteiger partial charge in [-0.2, -0.15) is 0 Å². The Morgan fingerprint density at radius 1 is 1.26 bits per heavy atom. The molecule has 0 saturated carbocycles. The molecule has 27 heavy (non-hydrogen) atoms. The van der Waals surface area contributed by atoms with Gasteiger partial charge < -0.3 is 10.4 Å². The number of aliphatic carboxylic acids is 1. The third-order valence-corrected chi connectivity index (χ3v) is 4.38. The number of hydrogen-bond donors (Lipinski definition) is 3. The van der Waals surface area contributed by atoms with Crippen molar-refractivity contribution in [3.63, 3.8) is 0 Å². The molecule has 0 fully saturated rings. The summed E-state index contributed by atoms with van der Waals surface area (Å²) in [5.74, 6) is -2.73. The van der Waals surface area contributed by atoms with Crippen molar-refractivity contribution in [2.75, 3.05) is 5.32 Å². The molecule has 0 saturated heterocycles. The highest BCUT2D eigenvalue weighted by Gasteiger charge is 2.21. The average Bonchev–Trinajstić information content (AvgIpc) is 3.00. The number of rotatable bonds is 8. The topological polar surface area (TPSA) is 108 Å². The van der Waals surface area contributed by atoms with Gasteiger partial charge in [0.25, 0.3) is 5.91 Å². The molecule has 1 unspecified atom stereocenters. The summed E-state index contributed by atoms with van der Waals surface area (Å²) in [4.78, 5) is 39.4. The third kappa shape index (κ3) is 6.14. The van der Waals surface area contributed by atoms with Crippen LogP contribution >= 0.6 is 11.3 Å². The summed E-state index contributed by atoms with van der Waals surface area (Å²) < 4.78 is 13.6. The standard InChI is InChI=1S/C18H20FN3O4S/c1-10(2)7-14(17(25)26)21-15(23)8-11-9-27-18(20-11)22-16(24)12-5-3-4-6-13(12)19/h3-6,9-10,14H,7-8H2,1-2H3,(H,21,23)(H,25,26)(H,20,22,24).